The van der Waals surface area contributed by atoms with E-state index in [1.807, 2.05) is 0 Å². The predicted octanol–water partition coefficient (Wildman–Crippen LogP) is 5.22. The first kappa shape index (κ1) is 21.3. The van der Waals surface area contributed by atoms with Crippen molar-refractivity contribution in [2.75, 3.05) is 0 Å². The van der Waals surface area contributed by atoms with Crippen LogP contribution in [0.4, 0.5) is 0 Å². The fraction of sp³-hybridized carbons (Fsp3) is 0.0714. The maximum atomic E-state index is 8.25. The maximum absolute atomic E-state index is 8.25. The van der Waals surface area contributed by atoms with Gasteiger partial charge in [0.2, 0.25) is 22.1 Å². The van der Waals surface area contributed by atoms with Gasteiger partial charge in [-0.1, -0.05) is 48.5 Å². The molecule has 6 nitrogen and oxygen atoms in total. The van der Waals surface area contributed by atoms with Gasteiger partial charge in [0, 0.05) is 35.4 Å². The highest BCUT2D eigenvalue weighted by atomic mass is 16.9. The Kier molecular flexibility index (Phi) is 5.26. The molecule has 0 N–H and O–H groups in total. The molecule has 6 rings (SSSR count). The summed E-state index contributed by atoms with van der Waals surface area (Å²) in [7, 11) is 4.32. The highest BCUT2D eigenvalue weighted by Crippen LogP contribution is 2.40. The van der Waals surface area contributed by atoms with Crippen LogP contribution in [0.15, 0.2) is 97.1 Å². The zero-order valence-corrected chi connectivity index (χ0v) is 18.8. The van der Waals surface area contributed by atoms with Gasteiger partial charge in [0.05, 0.1) is 21.5 Å². The molecule has 4 aromatic carbocycles. The van der Waals surface area contributed by atoms with E-state index < -0.39 is 5.09 Å². The molecule has 0 atom stereocenters. The Morgan fingerprint density at radius 2 is 0.735 bits per heavy atom. The number of rotatable bonds is 1. The van der Waals surface area contributed by atoms with E-state index in [1.165, 1.54) is 54.7 Å². The van der Waals surface area contributed by atoms with Crippen LogP contribution in [-0.4, -0.2) is 5.09 Å². The van der Waals surface area contributed by atoms with Crippen LogP contribution in [0, 0.1) is 10.1 Å². The molecular formula is C28H22N3O3+2. The normalized spacial score (nSPS) is 11.0. The molecule has 0 aliphatic carbocycles. The average molecular weight is 449 g/mol. The molecule has 165 valence electrons. The number of nitrogens with zero attached hydrogens (tertiary/aromatic N) is 3. The molecule has 0 amide bonds. The van der Waals surface area contributed by atoms with Gasteiger partial charge in [0.25, 0.3) is 0 Å². The second kappa shape index (κ2) is 8.41. The van der Waals surface area contributed by atoms with Crippen LogP contribution < -0.4 is 9.13 Å². The van der Waals surface area contributed by atoms with Crippen molar-refractivity contribution in [2.24, 2.45) is 14.1 Å². The average Bonchev–Trinajstić information content (AvgIpc) is 2.86. The summed E-state index contributed by atoms with van der Waals surface area (Å²) in [5.41, 5.74) is 7.60. The number of fused-ring (bicyclic) bond motifs is 4. The minimum atomic E-state index is -1.75. The second-order valence-corrected chi connectivity index (χ2v) is 8.16. The van der Waals surface area contributed by atoms with Gasteiger partial charge >= 0.3 is 5.09 Å². The van der Waals surface area contributed by atoms with Crippen molar-refractivity contribution in [3.8, 4) is 11.1 Å². The molecule has 6 aromatic rings. The summed E-state index contributed by atoms with van der Waals surface area (Å²) < 4.78 is 4.61. The van der Waals surface area contributed by atoms with Crippen LogP contribution in [0.3, 0.4) is 0 Å². The minimum absolute atomic E-state index is 1.24. The number of pyridine rings is 2. The summed E-state index contributed by atoms with van der Waals surface area (Å²) in [5, 5.41) is 19.9. The molecule has 2 aromatic heterocycles. The van der Waals surface area contributed by atoms with E-state index in [4.69, 9.17) is 15.3 Å². The standard InChI is InChI=1S/C28H22N2.NO3/c1-29-23-15-7-3-11-19(23)27(20-12-4-8-16-24(20)29)28-21-13-5-9-17-25(21)30(2)26-18-10-6-14-22(26)28;2-1(3)4/h3-18H,1-2H3;/q+2;. The van der Waals surface area contributed by atoms with E-state index in [9.17, 15) is 0 Å². The molecule has 2 heterocycles. The zero-order chi connectivity index (χ0) is 23.8. The molecule has 0 saturated carbocycles. The molecular weight excluding hydrogens is 426 g/mol. The lowest BCUT2D eigenvalue weighted by Crippen LogP contribution is -2.31. The molecule has 0 fully saturated rings. The molecule has 34 heavy (non-hydrogen) atoms. The number of aryl methyl sites for hydroxylation is 2. The number of hydrogen-bond donors (Lipinski definition) is 0. The lowest BCUT2D eigenvalue weighted by Gasteiger charge is -2.14. The summed E-state index contributed by atoms with van der Waals surface area (Å²) >= 11 is 0. The number of para-hydroxylation sites is 4. The smallest absolute Gasteiger partial charge is 0.194 e. The first-order valence-corrected chi connectivity index (χ1v) is 10.9. The van der Waals surface area contributed by atoms with E-state index in [2.05, 4.69) is 120 Å². The summed E-state index contributed by atoms with van der Waals surface area (Å²) in [4.78, 5) is 8.25. The first-order chi connectivity index (χ1) is 16.5. The van der Waals surface area contributed by atoms with E-state index in [-0.39, 0.29) is 0 Å². The van der Waals surface area contributed by atoms with Crippen LogP contribution in [0.1, 0.15) is 0 Å². The SMILES string of the molecule is C[n+]1c2ccccc2c(-c2c3ccccc3[n+](C)c3ccccc23)c2ccccc21.[O][N+](=O)[O-]. The third-order valence-electron chi connectivity index (χ3n) is 6.39. The Morgan fingerprint density at radius 1 is 0.529 bits per heavy atom. The largest absolute Gasteiger partial charge is 0.322 e. The van der Waals surface area contributed by atoms with E-state index >= 15 is 0 Å². The van der Waals surface area contributed by atoms with Crippen molar-refractivity contribution in [1.29, 1.82) is 0 Å². The Labute approximate surface area is 195 Å². The van der Waals surface area contributed by atoms with Crippen LogP contribution in [0.5, 0.6) is 0 Å². The molecule has 1 radical (unpaired) electrons. The van der Waals surface area contributed by atoms with Gasteiger partial charge in [-0.2, -0.15) is 9.13 Å². The fourth-order valence-electron chi connectivity index (χ4n) is 5.00. The number of aromatic nitrogens is 2. The van der Waals surface area contributed by atoms with Crippen molar-refractivity contribution >= 4 is 43.6 Å². The molecule has 0 saturated heterocycles. The van der Waals surface area contributed by atoms with E-state index in [0.29, 0.717) is 0 Å². The maximum Gasteiger partial charge on any atom is 0.322 e. The van der Waals surface area contributed by atoms with Gasteiger partial charge in [-0.3, -0.25) is 0 Å². The lowest BCUT2D eigenvalue weighted by molar-refractivity contribution is -0.782. The summed E-state index contributed by atoms with van der Waals surface area (Å²) in [5.74, 6) is 0. The molecule has 0 spiro atoms. The Bertz CT molecular complexity index is 1490. The van der Waals surface area contributed by atoms with Gasteiger partial charge in [-0.25, -0.2) is 0 Å². The summed E-state index contributed by atoms with van der Waals surface area (Å²) in [6, 6.07) is 35.0. The van der Waals surface area contributed by atoms with E-state index in [1.54, 1.807) is 0 Å². The molecule has 0 unspecified atom stereocenters. The van der Waals surface area contributed by atoms with Crippen molar-refractivity contribution in [1.82, 2.24) is 0 Å². The third-order valence-corrected chi connectivity index (χ3v) is 6.39. The van der Waals surface area contributed by atoms with Gasteiger partial charge in [0.15, 0.2) is 0 Å². The van der Waals surface area contributed by atoms with Gasteiger partial charge in [-0.15, -0.1) is 15.3 Å². The van der Waals surface area contributed by atoms with Crippen molar-refractivity contribution in [3.05, 3.63) is 107 Å². The minimum Gasteiger partial charge on any atom is -0.194 e. The quantitative estimate of drug-likeness (QED) is 0.150. The van der Waals surface area contributed by atoms with Crippen molar-refractivity contribution in [2.45, 2.75) is 0 Å². The number of benzene rings is 4. The van der Waals surface area contributed by atoms with Crippen LogP contribution in [0.25, 0.3) is 54.7 Å². The summed E-state index contributed by atoms with van der Waals surface area (Å²) in [6.07, 6.45) is 0. The van der Waals surface area contributed by atoms with Gasteiger partial charge in [0.1, 0.15) is 14.1 Å². The molecule has 0 bridgehead atoms. The summed E-state index contributed by atoms with van der Waals surface area (Å²) in [6.45, 7) is 0. The highest BCUT2D eigenvalue weighted by molar-refractivity contribution is 6.18. The van der Waals surface area contributed by atoms with Crippen molar-refractivity contribution < 1.29 is 19.4 Å². The fourth-order valence-corrected chi connectivity index (χ4v) is 5.00. The molecule has 0 aliphatic heterocycles. The number of hydrogen-bond acceptors (Lipinski definition) is 2. The van der Waals surface area contributed by atoms with E-state index in [0.717, 1.165) is 0 Å². The van der Waals surface area contributed by atoms with Crippen molar-refractivity contribution in [3.63, 3.8) is 0 Å². The predicted molar refractivity (Wildman–Crippen MR) is 132 cm³/mol. The van der Waals surface area contributed by atoms with Crippen LogP contribution in [0.2, 0.25) is 0 Å². The second-order valence-electron chi connectivity index (χ2n) is 8.16. The van der Waals surface area contributed by atoms with Crippen LogP contribution in [-0.2, 0) is 19.3 Å². The Hall–Kier alpha value is -4.58. The van der Waals surface area contributed by atoms with Crippen LogP contribution >= 0.6 is 0 Å². The topological polar surface area (TPSA) is 70.8 Å². The van der Waals surface area contributed by atoms with Gasteiger partial charge in [-0.05, 0) is 24.3 Å². The monoisotopic (exact) mass is 448 g/mol. The highest BCUT2D eigenvalue weighted by Gasteiger charge is 2.24. The Morgan fingerprint density at radius 3 is 0.971 bits per heavy atom. The first-order valence-electron chi connectivity index (χ1n) is 10.9. The molecule has 6 heteroatoms. The Balaban J connectivity index is 0.000000560. The molecule has 0 aliphatic rings. The zero-order valence-electron chi connectivity index (χ0n) is 18.8. The lowest BCUT2D eigenvalue weighted by atomic mass is 9.90. The van der Waals surface area contributed by atoms with Gasteiger partial charge < -0.3 is 0 Å². The third kappa shape index (κ3) is 3.36.